The van der Waals surface area contributed by atoms with Crippen molar-refractivity contribution in [2.24, 2.45) is 0 Å². The molecular formula is C11H13ClN2O. The summed E-state index contributed by atoms with van der Waals surface area (Å²) in [4.78, 5) is 17.0. The quantitative estimate of drug-likeness (QED) is 0.723. The number of hydrogen-bond donors (Lipinski definition) is 0. The zero-order valence-electron chi connectivity index (χ0n) is 8.40. The van der Waals surface area contributed by atoms with Gasteiger partial charge in [0.1, 0.15) is 6.29 Å². The molecule has 0 aliphatic carbocycles. The number of halogens is 1. The fourth-order valence-electron chi connectivity index (χ4n) is 2.00. The van der Waals surface area contributed by atoms with Crippen LogP contribution in [0.5, 0.6) is 0 Å². The molecule has 15 heavy (non-hydrogen) atoms. The lowest BCUT2D eigenvalue weighted by molar-refractivity contribution is -0.109. The lowest BCUT2D eigenvalue weighted by atomic mass is 10.0. The molecule has 0 saturated carbocycles. The fourth-order valence-corrected chi connectivity index (χ4v) is 2.23. The van der Waals surface area contributed by atoms with Crippen LogP contribution < -0.4 is 4.90 Å². The number of anilines is 1. The molecular weight excluding hydrogens is 212 g/mol. The Morgan fingerprint density at radius 1 is 1.53 bits per heavy atom. The normalized spacial score (nSPS) is 21.4. The average Bonchev–Trinajstić information content (AvgIpc) is 2.30. The van der Waals surface area contributed by atoms with E-state index < -0.39 is 0 Å². The Balaban J connectivity index is 2.28. The highest BCUT2D eigenvalue weighted by molar-refractivity contribution is 6.33. The van der Waals surface area contributed by atoms with Crippen LogP contribution in [-0.2, 0) is 4.79 Å². The first-order chi connectivity index (χ1) is 7.33. The largest absolute Gasteiger partial charge is 0.360 e. The van der Waals surface area contributed by atoms with Crippen molar-refractivity contribution in [3.63, 3.8) is 0 Å². The number of piperidine rings is 1. The predicted octanol–water partition coefficient (Wildman–Crippen LogP) is 2.29. The third-order valence-corrected chi connectivity index (χ3v) is 3.06. The molecule has 2 heterocycles. The maximum absolute atomic E-state index is 11.0. The zero-order valence-corrected chi connectivity index (χ0v) is 9.15. The highest BCUT2D eigenvalue weighted by Gasteiger charge is 2.23. The first kappa shape index (κ1) is 10.4. The molecule has 4 heteroatoms. The van der Waals surface area contributed by atoms with Gasteiger partial charge in [0.15, 0.2) is 0 Å². The molecule has 1 aromatic heterocycles. The van der Waals surface area contributed by atoms with E-state index in [9.17, 15) is 4.79 Å². The summed E-state index contributed by atoms with van der Waals surface area (Å²) in [5.41, 5.74) is 0.920. The minimum Gasteiger partial charge on any atom is -0.360 e. The van der Waals surface area contributed by atoms with Crippen LogP contribution in [0.1, 0.15) is 19.3 Å². The maximum Gasteiger partial charge on any atom is 0.142 e. The smallest absolute Gasteiger partial charge is 0.142 e. The maximum atomic E-state index is 11.0. The van der Waals surface area contributed by atoms with Crippen LogP contribution in [0.25, 0.3) is 0 Å². The van der Waals surface area contributed by atoms with Crippen LogP contribution in [0.4, 0.5) is 5.69 Å². The van der Waals surface area contributed by atoms with Gasteiger partial charge in [-0.2, -0.15) is 0 Å². The monoisotopic (exact) mass is 224 g/mol. The molecule has 0 bridgehead atoms. The van der Waals surface area contributed by atoms with Crippen LogP contribution in [0.2, 0.25) is 5.02 Å². The van der Waals surface area contributed by atoms with Crippen molar-refractivity contribution in [1.29, 1.82) is 0 Å². The Labute approximate surface area is 94.1 Å². The van der Waals surface area contributed by atoms with Gasteiger partial charge < -0.3 is 9.69 Å². The molecule has 1 aromatic rings. The van der Waals surface area contributed by atoms with Crippen molar-refractivity contribution in [2.45, 2.75) is 25.3 Å². The Bertz CT molecular complexity index is 356. The van der Waals surface area contributed by atoms with E-state index >= 15 is 0 Å². The van der Waals surface area contributed by atoms with E-state index in [4.69, 9.17) is 11.6 Å². The Kier molecular flexibility index (Phi) is 3.21. The van der Waals surface area contributed by atoms with E-state index in [1.165, 1.54) is 0 Å². The van der Waals surface area contributed by atoms with E-state index in [1.54, 1.807) is 12.4 Å². The minimum absolute atomic E-state index is 0.0290. The molecule has 1 fully saturated rings. The summed E-state index contributed by atoms with van der Waals surface area (Å²) in [7, 11) is 0. The van der Waals surface area contributed by atoms with Gasteiger partial charge in [0.2, 0.25) is 0 Å². The molecule has 0 spiro atoms. The lowest BCUT2D eigenvalue weighted by Crippen LogP contribution is -2.40. The summed E-state index contributed by atoms with van der Waals surface area (Å²) < 4.78 is 0. The second kappa shape index (κ2) is 4.62. The van der Waals surface area contributed by atoms with Gasteiger partial charge in [-0.1, -0.05) is 11.6 Å². The second-order valence-corrected chi connectivity index (χ2v) is 4.13. The van der Waals surface area contributed by atoms with Crippen LogP contribution in [-0.4, -0.2) is 23.9 Å². The standard InChI is InChI=1S/C11H13ClN2O/c12-10-7-13-5-4-11(10)14-6-2-1-3-9(14)8-15/h4-5,7-9H,1-3,6H2. The number of carbonyl (C=O) groups excluding carboxylic acids is 1. The topological polar surface area (TPSA) is 33.2 Å². The number of aromatic nitrogens is 1. The SMILES string of the molecule is O=CC1CCCCN1c1ccncc1Cl. The van der Waals surface area contributed by atoms with E-state index in [-0.39, 0.29) is 6.04 Å². The van der Waals surface area contributed by atoms with Crippen LogP contribution in [0.3, 0.4) is 0 Å². The van der Waals surface area contributed by atoms with Crippen molar-refractivity contribution < 1.29 is 4.79 Å². The van der Waals surface area contributed by atoms with E-state index in [2.05, 4.69) is 9.88 Å². The van der Waals surface area contributed by atoms with Gasteiger partial charge in [0.25, 0.3) is 0 Å². The van der Waals surface area contributed by atoms with Gasteiger partial charge in [-0.25, -0.2) is 0 Å². The third-order valence-electron chi connectivity index (χ3n) is 2.77. The fraction of sp³-hybridized carbons (Fsp3) is 0.455. The zero-order chi connectivity index (χ0) is 10.7. The molecule has 1 saturated heterocycles. The number of aldehydes is 1. The Hall–Kier alpha value is -1.09. The summed E-state index contributed by atoms with van der Waals surface area (Å²) >= 11 is 6.06. The third kappa shape index (κ3) is 2.12. The summed E-state index contributed by atoms with van der Waals surface area (Å²) in [6.45, 7) is 0.896. The number of carbonyl (C=O) groups is 1. The van der Waals surface area contributed by atoms with Crippen molar-refractivity contribution in [3.05, 3.63) is 23.5 Å². The van der Waals surface area contributed by atoms with Crippen molar-refractivity contribution >= 4 is 23.6 Å². The average molecular weight is 225 g/mol. The van der Waals surface area contributed by atoms with Crippen LogP contribution in [0.15, 0.2) is 18.5 Å². The molecule has 3 nitrogen and oxygen atoms in total. The highest BCUT2D eigenvalue weighted by atomic mass is 35.5. The molecule has 1 atom stereocenters. The van der Waals surface area contributed by atoms with Gasteiger partial charge in [-0.3, -0.25) is 4.98 Å². The predicted molar refractivity (Wildman–Crippen MR) is 60.3 cm³/mol. The second-order valence-electron chi connectivity index (χ2n) is 3.72. The van der Waals surface area contributed by atoms with Gasteiger partial charge >= 0.3 is 0 Å². The van der Waals surface area contributed by atoms with E-state index in [0.29, 0.717) is 5.02 Å². The molecule has 0 radical (unpaired) electrons. The Morgan fingerprint density at radius 2 is 2.40 bits per heavy atom. The summed E-state index contributed by atoms with van der Waals surface area (Å²) in [5, 5.41) is 0.617. The number of hydrogen-bond acceptors (Lipinski definition) is 3. The molecule has 2 rings (SSSR count). The highest BCUT2D eigenvalue weighted by Crippen LogP contribution is 2.29. The van der Waals surface area contributed by atoms with E-state index in [1.807, 2.05) is 6.07 Å². The first-order valence-electron chi connectivity index (χ1n) is 5.14. The molecule has 1 aliphatic rings. The van der Waals surface area contributed by atoms with Gasteiger partial charge in [0, 0.05) is 18.9 Å². The summed E-state index contributed by atoms with van der Waals surface area (Å²) in [5.74, 6) is 0. The minimum atomic E-state index is -0.0290. The van der Waals surface area contributed by atoms with Crippen LogP contribution in [0, 0.1) is 0 Å². The van der Waals surface area contributed by atoms with Gasteiger partial charge in [-0.05, 0) is 25.3 Å². The van der Waals surface area contributed by atoms with Crippen molar-refractivity contribution in [1.82, 2.24) is 4.98 Å². The summed E-state index contributed by atoms with van der Waals surface area (Å²) in [6.07, 6.45) is 7.48. The van der Waals surface area contributed by atoms with E-state index in [0.717, 1.165) is 37.8 Å². The molecule has 0 amide bonds. The number of rotatable bonds is 2. The van der Waals surface area contributed by atoms with Crippen molar-refractivity contribution in [3.8, 4) is 0 Å². The van der Waals surface area contributed by atoms with Crippen LogP contribution >= 0.6 is 11.6 Å². The Morgan fingerprint density at radius 3 is 3.13 bits per heavy atom. The molecule has 1 aliphatic heterocycles. The van der Waals surface area contributed by atoms with Gasteiger partial charge in [0.05, 0.1) is 16.8 Å². The van der Waals surface area contributed by atoms with Crippen molar-refractivity contribution in [2.75, 3.05) is 11.4 Å². The first-order valence-corrected chi connectivity index (χ1v) is 5.52. The molecule has 1 unspecified atom stereocenters. The molecule has 80 valence electrons. The molecule has 0 N–H and O–H groups in total. The number of nitrogens with zero attached hydrogens (tertiary/aromatic N) is 2. The van der Waals surface area contributed by atoms with Gasteiger partial charge in [-0.15, -0.1) is 0 Å². The molecule has 0 aromatic carbocycles. The summed E-state index contributed by atoms with van der Waals surface area (Å²) in [6, 6.07) is 1.84. The lowest BCUT2D eigenvalue weighted by Gasteiger charge is -2.34. The number of pyridine rings is 1.